The van der Waals surface area contributed by atoms with E-state index in [0.29, 0.717) is 30.3 Å². The highest BCUT2D eigenvalue weighted by molar-refractivity contribution is 8.02. The van der Waals surface area contributed by atoms with Crippen molar-refractivity contribution in [2.75, 3.05) is 30.9 Å². The van der Waals surface area contributed by atoms with Gasteiger partial charge in [0.15, 0.2) is 0 Å². The van der Waals surface area contributed by atoms with E-state index in [4.69, 9.17) is 4.74 Å². The monoisotopic (exact) mass is 486 g/mol. The van der Waals surface area contributed by atoms with Crippen LogP contribution >= 0.6 is 11.8 Å². The first-order valence-corrected chi connectivity index (χ1v) is 12.3. The van der Waals surface area contributed by atoms with Crippen molar-refractivity contribution in [2.24, 2.45) is 0 Å². The summed E-state index contributed by atoms with van der Waals surface area (Å²) < 4.78 is 71.5. The van der Waals surface area contributed by atoms with Crippen LogP contribution in [0.2, 0.25) is 0 Å². The predicted octanol–water partition coefficient (Wildman–Crippen LogP) is 3.97. The lowest BCUT2D eigenvalue weighted by Gasteiger charge is -2.43. The molecule has 2 fully saturated rings. The first-order chi connectivity index (χ1) is 15.1. The number of piperidine rings is 1. The van der Waals surface area contributed by atoms with E-state index in [1.807, 2.05) is 0 Å². The molecule has 0 aromatic heterocycles. The van der Waals surface area contributed by atoms with E-state index in [-0.39, 0.29) is 29.6 Å². The number of sulfonamides is 1. The largest absolute Gasteiger partial charge is 0.497 e. The first-order valence-electron chi connectivity index (χ1n) is 9.85. The minimum Gasteiger partial charge on any atom is -0.497 e. The van der Waals surface area contributed by atoms with Gasteiger partial charge in [-0.05, 0) is 55.3 Å². The number of benzene rings is 2. The molecule has 0 unspecified atom stereocenters. The highest BCUT2D eigenvalue weighted by Crippen LogP contribution is 2.47. The average molecular weight is 487 g/mol. The van der Waals surface area contributed by atoms with Crippen molar-refractivity contribution >= 4 is 33.4 Å². The summed E-state index contributed by atoms with van der Waals surface area (Å²) >= 11 is 1.48. The summed E-state index contributed by atoms with van der Waals surface area (Å²) in [7, 11) is -2.54. The Morgan fingerprint density at radius 2 is 1.72 bits per heavy atom. The number of hydrogen-bond donors (Lipinski definition) is 0. The van der Waals surface area contributed by atoms with Crippen LogP contribution in [0.15, 0.2) is 53.4 Å². The first kappa shape index (κ1) is 22.9. The minimum atomic E-state index is -4.63. The number of halogens is 3. The molecule has 0 radical (unpaired) electrons. The summed E-state index contributed by atoms with van der Waals surface area (Å²) in [6, 6.07) is 10.9. The molecule has 0 bridgehead atoms. The van der Waals surface area contributed by atoms with Crippen molar-refractivity contribution in [1.29, 1.82) is 0 Å². The fourth-order valence-corrected chi connectivity index (χ4v) is 6.91. The molecule has 2 aromatic rings. The smallest absolute Gasteiger partial charge is 0.416 e. The highest BCUT2D eigenvalue weighted by atomic mass is 32.2. The van der Waals surface area contributed by atoms with Gasteiger partial charge in [-0.1, -0.05) is 6.07 Å². The van der Waals surface area contributed by atoms with Crippen molar-refractivity contribution in [2.45, 2.75) is 28.8 Å². The lowest BCUT2D eigenvalue weighted by molar-refractivity contribution is -0.137. The molecule has 1 spiro atoms. The zero-order valence-electron chi connectivity index (χ0n) is 17.1. The van der Waals surface area contributed by atoms with Crippen molar-refractivity contribution < 1.29 is 31.1 Å². The van der Waals surface area contributed by atoms with Crippen molar-refractivity contribution in [3.05, 3.63) is 54.1 Å². The fourth-order valence-electron chi connectivity index (χ4n) is 4.09. The van der Waals surface area contributed by atoms with Gasteiger partial charge in [-0.2, -0.15) is 17.5 Å². The zero-order chi connectivity index (χ0) is 23.1. The summed E-state index contributed by atoms with van der Waals surface area (Å²) in [5, 5.41) is 0. The molecule has 0 atom stereocenters. The second kappa shape index (κ2) is 8.27. The second-order valence-corrected chi connectivity index (χ2v) is 10.9. The Morgan fingerprint density at radius 1 is 1.06 bits per heavy atom. The van der Waals surface area contributed by atoms with Crippen LogP contribution in [0.3, 0.4) is 0 Å². The van der Waals surface area contributed by atoms with Crippen LogP contribution in [-0.2, 0) is 21.0 Å². The lowest BCUT2D eigenvalue weighted by atomic mass is 10.0. The molecular formula is C21H21F3N2O4S2. The van der Waals surface area contributed by atoms with E-state index in [9.17, 15) is 26.4 Å². The standard InChI is InChI=1S/C21H21F3N2O4S2/c1-30-17-7-5-16(6-8-17)26-19(27)14-31-20(26)9-11-25(12-10-20)32(28,29)18-4-2-3-15(13-18)21(22,23)24/h2-8,13H,9-12,14H2,1H3. The number of methoxy groups -OCH3 is 1. The van der Waals surface area contributed by atoms with Crippen LogP contribution < -0.4 is 9.64 Å². The van der Waals surface area contributed by atoms with E-state index in [2.05, 4.69) is 0 Å². The van der Waals surface area contributed by atoms with Gasteiger partial charge in [0.1, 0.15) is 5.75 Å². The SMILES string of the molecule is COc1ccc(N2C(=O)CSC23CCN(S(=O)(=O)c2cccc(C(F)(F)F)c2)CC3)cc1. The van der Waals surface area contributed by atoms with Gasteiger partial charge >= 0.3 is 6.18 Å². The third kappa shape index (κ3) is 4.08. The maximum absolute atomic E-state index is 13.0. The lowest BCUT2D eigenvalue weighted by Crippen LogP contribution is -2.53. The number of ether oxygens (including phenoxy) is 1. The number of carbonyl (C=O) groups excluding carboxylic acids is 1. The van der Waals surface area contributed by atoms with E-state index < -0.39 is 26.6 Å². The summed E-state index contributed by atoms with van der Waals surface area (Å²) in [5.74, 6) is 0.880. The van der Waals surface area contributed by atoms with E-state index >= 15 is 0 Å². The molecule has 4 rings (SSSR count). The van der Waals surface area contributed by atoms with Crippen LogP contribution in [0.25, 0.3) is 0 Å². The van der Waals surface area contributed by atoms with Gasteiger partial charge in [0.25, 0.3) is 0 Å². The minimum absolute atomic E-state index is 0.0608. The number of rotatable bonds is 4. The maximum Gasteiger partial charge on any atom is 0.416 e. The summed E-state index contributed by atoms with van der Waals surface area (Å²) in [4.78, 5) is 13.4. The summed E-state index contributed by atoms with van der Waals surface area (Å²) in [6.07, 6.45) is -3.89. The van der Waals surface area contributed by atoms with Gasteiger partial charge in [0.2, 0.25) is 15.9 Å². The molecule has 0 aliphatic carbocycles. The topological polar surface area (TPSA) is 66.9 Å². The number of carbonyl (C=O) groups is 1. The normalized spacial score (nSPS) is 19.5. The number of nitrogens with zero attached hydrogens (tertiary/aromatic N) is 2. The Labute approximate surface area is 188 Å². The van der Waals surface area contributed by atoms with E-state index in [1.54, 1.807) is 36.3 Å². The molecule has 2 aromatic carbocycles. The van der Waals surface area contributed by atoms with Gasteiger partial charge in [-0.25, -0.2) is 8.42 Å². The average Bonchev–Trinajstić information content (AvgIpc) is 3.09. The molecule has 0 saturated carbocycles. The number of alkyl halides is 3. The molecule has 2 heterocycles. The van der Waals surface area contributed by atoms with Crippen LogP contribution in [0.4, 0.5) is 18.9 Å². The molecular weight excluding hydrogens is 465 g/mol. The molecule has 172 valence electrons. The molecule has 1 amide bonds. The molecule has 32 heavy (non-hydrogen) atoms. The Bertz CT molecular complexity index is 1110. The Morgan fingerprint density at radius 3 is 2.31 bits per heavy atom. The highest BCUT2D eigenvalue weighted by Gasteiger charge is 2.50. The number of anilines is 1. The molecule has 0 N–H and O–H groups in total. The molecule has 2 aliphatic rings. The predicted molar refractivity (Wildman–Crippen MR) is 115 cm³/mol. The molecule has 2 aliphatic heterocycles. The van der Waals surface area contributed by atoms with Crippen LogP contribution in [0.5, 0.6) is 5.75 Å². The maximum atomic E-state index is 13.0. The van der Waals surface area contributed by atoms with Gasteiger partial charge in [0.05, 0.1) is 28.2 Å². The Balaban J connectivity index is 1.55. The molecule has 2 saturated heterocycles. The quantitative estimate of drug-likeness (QED) is 0.654. The molecule has 11 heteroatoms. The van der Waals surface area contributed by atoms with Gasteiger partial charge in [-0.15, -0.1) is 11.8 Å². The van der Waals surface area contributed by atoms with Crippen molar-refractivity contribution in [1.82, 2.24) is 4.31 Å². The van der Waals surface area contributed by atoms with E-state index in [1.165, 1.54) is 22.1 Å². The summed E-state index contributed by atoms with van der Waals surface area (Å²) in [6.45, 7) is 0.205. The number of thioether (sulfide) groups is 1. The molecule has 6 nitrogen and oxygen atoms in total. The van der Waals surface area contributed by atoms with Crippen molar-refractivity contribution in [3.63, 3.8) is 0 Å². The van der Waals surface area contributed by atoms with Crippen molar-refractivity contribution in [3.8, 4) is 5.75 Å². The third-order valence-corrected chi connectivity index (χ3v) is 9.17. The Hall–Kier alpha value is -2.24. The van der Waals surface area contributed by atoms with Gasteiger partial charge in [0, 0.05) is 18.8 Å². The number of amides is 1. The van der Waals surface area contributed by atoms with Crippen LogP contribution in [-0.4, -0.2) is 49.5 Å². The summed E-state index contributed by atoms with van der Waals surface area (Å²) in [5.41, 5.74) is -0.301. The third-order valence-electron chi connectivity index (χ3n) is 5.75. The fraction of sp³-hybridized carbons (Fsp3) is 0.381. The second-order valence-electron chi connectivity index (χ2n) is 7.59. The van der Waals surface area contributed by atoms with Crippen LogP contribution in [0, 0.1) is 0 Å². The Kier molecular flexibility index (Phi) is 5.93. The van der Waals surface area contributed by atoms with Gasteiger partial charge in [-0.3, -0.25) is 9.69 Å². The van der Waals surface area contributed by atoms with Gasteiger partial charge < -0.3 is 4.74 Å². The van der Waals surface area contributed by atoms with Crippen LogP contribution in [0.1, 0.15) is 18.4 Å². The number of hydrogen-bond acceptors (Lipinski definition) is 5. The zero-order valence-corrected chi connectivity index (χ0v) is 18.8. The van der Waals surface area contributed by atoms with E-state index in [0.717, 1.165) is 12.1 Å².